The molecule has 108 valence electrons. The van der Waals surface area contributed by atoms with Gasteiger partial charge >= 0.3 is 5.97 Å². The lowest BCUT2D eigenvalue weighted by Crippen LogP contribution is -2.42. The van der Waals surface area contributed by atoms with E-state index in [0.29, 0.717) is 12.6 Å². The Bertz CT molecular complexity index is 222. The molecule has 0 saturated heterocycles. The molecule has 0 radical (unpaired) electrons. The molecular formula is C14H30N2O2. The quantitative estimate of drug-likeness (QED) is 0.609. The summed E-state index contributed by atoms with van der Waals surface area (Å²) in [5.74, 6) is -0.122. The maximum atomic E-state index is 11.8. The van der Waals surface area contributed by atoms with Crippen LogP contribution in [0.1, 0.15) is 47.0 Å². The molecule has 2 unspecified atom stereocenters. The molecule has 0 bridgehead atoms. The second-order valence-corrected chi connectivity index (χ2v) is 4.79. The van der Waals surface area contributed by atoms with Gasteiger partial charge in [0.15, 0.2) is 0 Å². The Kier molecular flexibility index (Phi) is 9.98. The van der Waals surface area contributed by atoms with Gasteiger partial charge in [0.2, 0.25) is 0 Å². The van der Waals surface area contributed by atoms with Crippen molar-refractivity contribution in [2.45, 2.75) is 59.0 Å². The fourth-order valence-electron chi connectivity index (χ4n) is 1.73. The van der Waals surface area contributed by atoms with Gasteiger partial charge in [-0.3, -0.25) is 4.79 Å². The Morgan fingerprint density at radius 1 is 1.33 bits per heavy atom. The number of hydrogen-bond donors (Lipinski definition) is 1. The number of carbonyl (C=O) groups excluding carboxylic acids is 1. The van der Waals surface area contributed by atoms with Crippen molar-refractivity contribution in [3.63, 3.8) is 0 Å². The Hall–Kier alpha value is -0.610. The molecule has 0 aliphatic heterocycles. The standard InChI is InChI=1S/C14H30N2O2/c1-6-10-15-13(14(17)18-8-3)9-11-16(5)12(4)7-2/h12-13,15H,6-11H2,1-5H3. The van der Waals surface area contributed by atoms with Gasteiger partial charge in [-0.05, 0) is 46.7 Å². The normalized spacial score (nSPS) is 14.6. The first kappa shape index (κ1) is 17.4. The molecule has 0 aliphatic carbocycles. The van der Waals surface area contributed by atoms with Crippen molar-refractivity contribution in [3.8, 4) is 0 Å². The molecule has 0 amide bonds. The predicted molar refractivity (Wildman–Crippen MR) is 75.7 cm³/mol. The Morgan fingerprint density at radius 3 is 2.50 bits per heavy atom. The number of ether oxygens (including phenoxy) is 1. The molecule has 4 heteroatoms. The van der Waals surface area contributed by atoms with E-state index in [1.807, 2.05) is 6.92 Å². The number of carbonyl (C=O) groups is 1. The minimum atomic E-state index is -0.170. The largest absolute Gasteiger partial charge is 0.465 e. The first-order chi connectivity index (χ1) is 8.56. The smallest absolute Gasteiger partial charge is 0.323 e. The van der Waals surface area contributed by atoms with Crippen molar-refractivity contribution < 1.29 is 9.53 Å². The van der Waals surface area contributed by atoms with Gasteiger partial charge < -0.3 is 15.0 Å². The van der Waals surface area contributed by atoms with Crippen molar-refractivity contribution in [3.05, 3.63) is 0 Å². The summed E-state index contributed by atoms with van der Waals surface area (Å²) in [7, 11) is 2.11. The van der Waals surface area contributed by atoms with Crippen LogP contribution in [0, 0.1) is 0 Å². The van der Waals surface area contributed by atoms with E-state index in [0.717, 1.165) is 32.4 Å². The summed E-state index contributed by atoms with van der Waals surface area (Å²) in [5.41, 5.74) is 0. The van der Waals surface area contributed by atoms with Gasteiger partial charge in [0, 0.05) is 12.6 Å². The highest BCUT2D eigenvalue weighted by Gasteiger charge is 2.19. The number of esters is 1. The van der Waals surface area contributed by atoms with E-state index in [9.17, 15) is 4.79 Å². The van der Waals surface area contributed by atoms with E-state index in [2.05, 4.69) is 38.0 Å². The number of hydrogen-bond acceptors (Lipinski definition) is 4. The van der Waals surface area contributed by atoms with Crippen molar-refractivity contribution in [2.75, 3.05) is 26.7 Å². The third-order valence-corrected chi connectivity index (χ3v) is 3.33. The fourth-order valence-corrected chi connectivity index (χ4v) is 1.73. The average Bonchev–Trinajstić information content (AvgIpc) is 2.37. The third kappa shape index (κ3) is 6.97. The van der Waals surface area contributed by atoms with E-state index in [1.54, 1.807) is 0 Å². The maximum Gasteiger partial charge on any atom is 0.323 e. The van der Waals surface area contributed by atoms with E-state index in [-0.39, 0.29) is 12.0 Å². The zero-order chi connectivity index (χ0) is 14.0. The van der Waals surface area contributed by atoms with Crippen LogP contribution in [-0.4, -0.2) is 49.7 Å². The lowest BCUT2D eigenvalue weighted by atomic mass is 10.1. The van der Waals surface area contributed by atoms with E-state index in [4.69, 9.17) is 4.74 Å². The van der Waals surface area contributed by atoms with Crippen LogP contribution in [0.15, 0.2) is 0 Å². The molecule has 0 aromatic heterocycles. The number of rotatable bonds is 10. The highest BCUT2D eigenvalue weighted by Crippen LogP contribution is 2.04. The lowest BCUT2D eigenvalue weighted by molar-refractivity contribution is -0.145. The Morgan fingerprint density at radius 2 is 2.00 bits per heavy atom. The molecule has 0 heterocycles. The summed E-state index contributed by atoms with van der Waals surface area (Å²) in [6.07, 6.45) is 2.96. The van der Waals surface area contributed by atoms with Crippen LogP contribution in [0.4, 0.5) is 0 Å². The molecule has 4 nitrogen and oxygen atoms in total. The van der Waals surface area contributed by atoms with Gasteiger partial charge in [0.1, 0.15) is 6.04 Å². The Labute approximate surface area is 112 Å². The molecule has 2 atom stereocenters. The summed E-state index contributed by atoms with van der Waals surface area (Å²) in [6.45, 7) is 10.6. The summed E-state index contributed by atoms with van der Waals surface area (Å²) in [5, 5.41) is 3.27. The van der Waals surface area contributed by atoms with Crippen molar-refractivity contribution in [1.29, 1.82) is 0 Å². The van der Waals surface area contributed by atoms with Gasteiger partial charge in [-0.25, -0.2) is 0 Å². The second-order valence-electron chi connectivity index (χ2n) is 4.79. The van der Waals surface area contributed by atoms with Gasteiger partial charge in [-0.1, -0.05) is 13.8 Å². The number of nitrogens with zero attached hydrogens (tertiary/aromatic N) is 1. The minimum absolute atomic E-state index is 0.122. The van der Waals surface area contributed by atoms with Gasteiger partial charge in [0.25, 0.3) is 0 Å². The zero-order valence-electron chi connectivity index (χ0n) is 12.7. The third-order valence-electron chi connectivity index (χ3n) is 3.33. The van der Waals surface area contributed by atoms with Crippen LogP contribution in [0.5, 0.6) is 0 Å². The molecule has 0 aliphatic rings. The monoisotopic (exact) mass is 258 g/mol. The molecule has 1 N–H and O–H groups in total. The van der Waals surface area contributed by atoms with E-state index < -0.39 is 0 Å². The van der Waals surface area contributed by atoms with Crippen LogP contribution in [0.25, 0.3) is 0 Å². The van der Waals surface area contributed by atoms with Crippen LogP contribution in [0.3, 0.4) is 0 Å². The summed E-state index contributed by atoms with van der Waals surface area (Å²) in [6, 6.07) is 0.385. The van der Waals surface area contributed by atoms with Gasteiger partial charge in [0.05, 0.1) is 6.61 Å². The number of nitrogens with one attached hydrogen (secondary N) is 1. The van der Waals surface area contributed by atoms with Crippen LogP contribution in [-0.2, 0) is 9.53 Å². The molecule has 0 saturated carbocycles. The molecule has 18 heavy (non-hydrogen) atoms. The lowest BCUT2D eigenvalue weighted by Gasteiger charge is -2.25. The molecule has 0 rings (SSSR count). The first-order valence-corrected chi connectivity index (χ1v) is 7.16. The summed E-state index contributed by atoms with van der Waals surface area (Å²) in [4.78, 5) is 14.1. The maximum absolute atomic E-state index is 11.8. The van der Waals surface area contributed by atoms with Crippen molar-refractivity contribution in [1.82, 2.24) is 10.2 Å². The molecule has 0 aromatic carbocycles. The van der Waals surface area contributed by atoms with Crippen LogP contribution in [0.2, 0.25) is 0 Å². The molecule has 0 spiro atoms. The topological polar surface area (TPSA) is 41.6 Å². The highest BCUT2D eigenvalue weighted by molar-refractivity contribution is 5.75. The van der Waals surface area contributed by atoms with E-state index in [1.165, 1.54) is 0 Å². The van der Waals surface area contributed by atoms with Crippen molar-refractivity contribution in [2.24, 2.45) is 0 Å². The van der Waals surface area contributed by atoms with Gasteiger partial charge in [-0.15, -0.1) is 0 Å². The van der Waals surface area contributed by atoms with Gasteiger partial charge in [-0.2, -0.15) is 0 Å². The van der Waals surface area contributed by atoms with Crippen LogP contribution >= 0.6 is 0 Å². The fraction of sp³-hybridized carbons (Fsp3) is 0.929. The molecule has 0 fully saturated rings. The minimum Gasteiger partial charge on any atom is -0.465 e. The zero-order valence-corrected chi connectivity index (χ0v) is 12.7. The van der Waals surface area contributed by atoms with Crippen molar-refractivity contribution >= 4 is 5.97 Å². The molecular weight excluding hydrogens is 228 g/mol. The summed E-state index contributed by atoms with van der Waals surface area (Å²) < 4.78 is 5.10. The SMILES string of the molecule is CCCNC(CCN(C)C(C)CC)C(=O)OCC. The first-order valence-electron chi connectivity index (χ1n) is 7.16. The van der Waals surface area contributed by atoms with E-state index >= 15 is 0 Å². The average molecular weight is 258 g/mol. The second kappa shape index (κ2) is 10.3. The summed E-state index contributed by atoms with van der Waals surface area (Å²) >= 11 is 0. The highest BCUT2D eigenvalue weighted by atomic mass is 16.5. The van der Waals surface area contributed by atoms with Crippen LogP contribution < -0.4 is 5.32 Å². The molecule has 0 aromatic rings. The predicted octanol–water partition coefficient (Wildman–Crippen LogP) is 2.04. The Balaban J connectivity index is 4.18.